The van der Waals surface area contributed by atoms with Crippen LogP contribution in [0.15, 0.2) is 24.3 Å². The Bertz CT molecular complexity index is 1050. The molecular weight excluding hydrogens is 390 g/mol. The Labute approximate surface area is 171 Å². The fraction of sp³-hybridized carbons (Fsp3) is 0.476. The molecule has 8 heteroatoms. The van der Waals surface area contributed by atoms with Crippen molar-refractivity contribution in [1.82, 2.24) is 15.2 Å². The molecule has 1 atom stereocenters. The van der Waals surface area contributed by atoms with Crippen LogP contribution in [0.3, 0.4) is 0 Å². The van der Waals surface area contributed by atoms with Gasteiger partial charge in [0.2, 0.25) is 11.8 Å². The number of sulfone groups is 1. The second-order valence-electron chi connectivity index (χ2n) is 7.57. The summed E-state index contributed by atoms with van der Waals surface area (Å²) in [7, 11) is -3.06. The van der Waals surface area contributed by atoms with Gasteiger partial charge < -0.3 is 10.2 Å². The number of aromatic nitrogens is 1. The fourth-order valence-electron chi connectivity index (χ4n) is 3.83. The molecule has 0 bridgehead atoms. The molecule has 1 aromatic heterocycles. The van der Waals surface area contributed by atoms with Gasteiger partial charge in [-0.1, -0.05) is 18.2 Å². The van der Waals surface area contributed by atoms with E-state index < -0.39 is 9.84 Å². The molecular formula is C21H27N3O4S. The molecule has 1 aliphatic rings. The third-order valence-corrected chi connectivity index (χ3v) is 7.25. The van der Waals surface area contributed by atoms with E-state index in [4.69, 9.17) is 0 Å². The number of nitrogens with zero attached hydrogens (tertiary/aromatic N) is 2. The van der Waals surface area contributed by atoms with Gasteiger partial charge in [-0.15, -0.1) is 0 Å². The molecule has 1 aromatic carbocycles. The number of fused-ring (bicyclic) bond motifs is 1. The summed E-state index contributed by atoms with van der Waals surface area (Å²) in [6, 6.07) is 7.46. The zero-order valence-corrected chi connectivity index (χ0v) is 17.9. The zero-order valence-electron chi connectivity index (χ0n) is 17.1. The number of pyridine rings is 1. The van der Waals surface area contributed by atoms with Crippen molar-refractivity contribution in [1.29, 1.82) is 0 Å². The smallest absolute Gasteiger partial charge is 0.239 e. The maximum Gasteiger partial charge on any atom is 0.239 e. The molecule has 2 aromatic rings. The van der Waals surface area contributed by atoms with E-state index in [1.807, 2.05) is 45.0 Å². The van der Waals surface area contributed by atoms with Gasteiger partial charge in [0.15, 0.2) is 9.84 Å². The van der Waals surface area contributed by atoms with Crippen LogP contribution in [0, 0.1) is 13.8 Å². The van der Waals surface area contributed by atoms with Crippen molar-refractivity contribution in [2.24, 2.45) is 0 Å². The van der Waals surface area contributed by atoms with Gasteiger partial charge in [0, 0.05) is 23.7 Å². The van der Waals surface area contributed by atoms with Gasteiger partial charge in [-0.05, 0) is 44.4 Å². The molecule has 0 radical (unpaired) electrons. The average molecular weight is 418 g/mol. The van der Waals surface area contributed by atoms with Gasteiger partial charge in [0.1, 0.15) is 0 Å². The number of nitrogens with one attached hydrogen (secondary N) is 1. The molecule has 156 valence electrons. The maximum atomic E-state index is 12.9. The minimum atomic E-state index is -3.06. The summed E-state index contributed by atoms with van der Waals surface area (Å²) in [6.45, 7) is 6.03. The van der Waals surface area contributed by atoms with E-state index in [2.05, 4.69) is 10.3 Å². The van der Waals surface area contributed by atoms with Crippen LogP contribution in [0.1, 0.15) is 30.2 Å². The molecule has 0 aliphatic carbocycles. The van der Waals surface area contributed by atoms with Crippen molar-refractivity contribution < 1.29 is 18.0 Å². The number of benzene rings is 1. The van der Waals surface area contributed by atoms with E-state index in [-0.39, 0.29) is 42.3 Å². The number of likely N-dealkylation sites (N-methyl/N-ethyl adjacent to an activating group) is 1. The average Bonchev–Trinajstić information content (AvgIpc) is 3.01. The molecule has 2 heterocycles. The van der Waals surface area contributed by atoms with Crippen molar-refractivity contribution in [3.05, 3.63) is 41.1 Å². The monoisotopic (exact) mass is 417 g/mol. The van der Waals surface area contributed by atoms with Crippen LogP contribution >= 0.6 is 0 Å². The molecule has 0 spiro atoms. The molecule has 1 saturated heterocycles. The number of carbonyl (C=O) groups is 2. The topological polar surface area (TPSA) is 96.4 Å². The first-order chi connectivity index (χ1) is 13.7. The molecule has 7 nitrogen and oxygen atoms in total. The Morgan fingerprint density at radius 1 is 1.24 bits per heavy atom. The number of hydrogen-bond acceptors (Lipinski definition) is 5. The summed E-state index contributed by atoms with van der Waals surface area (Å²) >= 11 is 0. The minimum absolute atomic E-state index is 0.0278. The van der Waals surface area contributed by atoms with E-state index in [0.717, 1.165) is 27.7 Å². The molecule has 2 amide bonds. The number of para-hydroxylation sites is 1. The first-order valence-electron chi connectivity index (χ1n) is 9.82. The second-order valence-corrected chi connectivity index (χ2v) is 9.80. The van der Waals surface area contributed by atoms with E-state index in [9.17, 15) is 18.0 Å². The molecule has 0 unspecified atom stereocenters. The second kappa shape index (κ2) is 8.49. The quantitative estimate of drug-likeness (QED) is 0.769. The van der Waals surface area contributed by atoms with E-state index in [1.165, 1.54) is 4.90 Å². The van der Waals surface area contributed by atoms with Gasteiger partial charge in [-0.25, -0.2) is 8.42 Å². The third kappa shape index (κ3) is 4.93. The minimum Gasteiger partial charge on any atom is -0.351 e. The van der Waals surface area contributed by atoms with Crippen molar-refractivity contribution in [2.45, 2.75) is 39.7 Å². The molecule has 1 aliphatic heterocycles. The summed E-state index contributed by atoms with van der Waals surface area (Å²) in [5, 5.41) is 3.76. The third-order valence-electron chi connectivity index (χ3n) is 5.48. The SMILES string of the molecule is CCN(CC(=O)N[C@@H]1CCS(=O)(=O)C1)C(=O)Cc1c(C)nc2ccccc2c1C. The van der Waals surface area contributed by atoms with Crippen LogP contribution in [-0.2, 0) is 25.8 Å². The Morgan fingerprint density at radius 2 is 1.97 bits per heavy atom. The van der Waals surface area contributed by atoms with Crippen molar-refractivity contribution in [2.75, 3.05) is 24.6 Å². The van der Waals surface area contributed by atoms with Crippen molar-refractivity contribution in [3.8, 4) is 0 Å². The highest BCUT2D eigenvalue weighted by atomic mass is 32.2. The maximum absolute atomic E-state index is 12.9. The summed E-state index contributed by atoms with van der Waals surface area (Å²) in [4.78, 5) is 31.3. The lowest BCUT2D eigenvalue weighted by Gasteiger charge is -2.22. The summed E-state index contributed by atoms with van der Waals surface area (Å²) in [6.07, 6.45) is 0.601. The number of hydrogen-bond donors (Lipinski definition) is 1. The first kappa shape index (κ1) is 21.2. The largest absolute Gasteiger partial charge is 0.351 e. The lowest BCUT2D eigenvalue weighted by Crippen LogP contribution is -2.45. The van der Waals surface area contributed by atoms with E-state index in [0.29, 0.717) is 13.0 Å². The number of aryl methyl sites for hydroxylation is 2. The lowest BCUT2D eigenvalue weighted by atomic mass is 9.99. The normalized spacial score (nSPS) is 18.0. The molecule has 1 fully saturated rings. The molecule has 29 heavy (non-hydrogen) atoms. The highest BCUT2D eigenvalue weighted by Crippen LogP contribution is 2.23. The number of amides is 2. The number of rotatable bonds is 6. The Balaban J connectivity index is 1.69. The van der Waals surface area contributed by atoms with E-state index >= 15 is 0 Å². The van der Waals surface area contributed by atoms with Gasteiger partial charge in [0.25, 0.3) is 0 Å². The van der Waals surface area contributed by atoms with Crippen molar-refractivity contribution in [3.63, 3.8) is 0 Å². The van der Waals surface area contributed by atoms with Crippen molar-refractivity contribution >= 4 is 32.6 Å². The Morgan fingerprint density at radius 3 is 2.62 bits per heavy atom. The Kier molecular flexibility index (Phi) is 6.21. The van der Waals surface area contributed by atoms with E-state index in [1.54, 1.807) is 0 Å². The molecule has 1 N–H and O–H groups in total. The first-order valence-corrected chi connectivity index (χ1v) is 11.6. The van der Waals surface area contributed by atoms with Gasteiger partial charge in [-0.3, -0.25) is 14.6 Å². The highest BCUT2D eigenvalue weighted by molar-refractivity contribution is 7.91. The van der Waals surface area contributed by atoms with Crippen LogP contribution < -0.4 is 5.32 Å². The Hall–Kier alpha value is -2.48. The predicted octanol–water partition coefficient (Wildman–Crippen LogP) is 1.55. The van der Waals surface area contributed by atoms with Crippen LogP contribution in [0.25, 0.3) is 10.9 Å². The molecule has 0 saturated carbocycles. The summed E-state index contributed by atoms with van der Waals surface area (Å²) < 4.78 is 23.1. The summed E-state index contributed by atoms with van der Waals surface area (Å²) in [5.74, 6) is -0.403. The zero-order chi connectivity index (χ0) is 21.2. The standard InChI is InChI=1S/C21H27N3O4S/c1-4-24(12-20(25)23-16-9-10-29(27,28)13-16)21(26)11-18-14(2)17-7-5-6-8-19(17)22-15(18)3/h5-8,16H,4,9-13H2,1-3H3,(H,23,25)/t16-/m1/s1. The van der Waals surface area contributed by atoms with Crippen LogP contribution in [0.5, 0.6) is 0 Å². The highest BCUT2D eigenvalue weighted by Gasteiger charge is 2.29. The van der Waals surface area contributed by atoms with Gasteiger partial charge in [0.05, 0.1) is 30.0 Å². The number of carbonyl (C=O) groups excluding carboxylic acids is 2. The molecule has 3 rings (SSSR count). The fourth-order valence-corrected chi connectivity index (χ4v) is 5.50. The van der Waals surface area contributed by atoms with Crippen LogP contribution in [0.4, 0.5) is 0 Å². The lowest BCUT2D eigenvalue weighted by molar-refractivity contribution is -0.135. The predicted molar refractivity (Wildman–Crippen MR) is 112 cm³/mol. The van der Waals surface area contributed by atoms with Gasteiger partial charge >= 0.3 is 0 Å². The van der Waals surface area contributed by atoms with Crippen LogP contribution in [-0.4, -0.2) is 60.8 Å². The summed E-state index contributed by atoms with van der Waals surface area (Å²) in [5.41, 5.74) is 3.62. The van der Waals surface area contributed by atoms with Gasteiger partial charge in [-0.2, -0.15) is 0 Å². The van der Waals surface area contributed by atoms with Crippen LogP contribution in [0.2, 0.25) is 0 Å².